The molecule has 2 aromatic heterocycles. The van der Waals surface area contributed by atoms with Crippen molar-refractivity contribution in [2.24, 2.45) is 0 Å². The summed E-state index contributed by atoms with van der Waals surface area (Å²) in [5.41, 5.74) is 3.27. The van der Waals surface area contributed by atoms with Crippen LogP contribution in [0.2, 0.25) is 0 Å². The zero-order valence-electron chi connectivity index (χ0n) is 11.4. The second kappa shape index (κ2) is 4.78. The number of hydrogen-bond acceptors (Lipinski definition) is 3. The molecule has 1 saturated carbocycles. The lowest BCUT2D eigenvalue weighted by Gasteiger charge is -2.24. The molecule has 0 amide bonds. The Labute approximate surface area is 117 Å². The van der Waals surface area contributed by atoms with Crippen LogP contribution in [0.5, 0.6) is 0 Å². The molecule has 0 radical (unpaired) electrons. The minimum absolute atomic E-state index is 0.590. The molecule has 0 bridgehead atoms. The van der Waals surface area contributed by atoms with Gasteiger partial charge in [0.2, 0.25) is 0 Å². The van der Waals surface area contributed by atoms with Gasteiger partial charge in [-0.2, -0.15) is 5.10 Å². The van der Waals surface area contributed by atoms with Crippen molar-refractivity contribution in [3.63, 3.8) is 0 Å². The fourth-order valence-corrected chi connectivity index (χ4v) is 3.24. The second-order valence-electron chi connectivity index (χ2n) is 5.63. The third-order valence-corrected chi connectivity index (χ3v) is 4.28. The summed E-state index contributed by atoms with van der Waals surface area (Å²) in [6.45, 7) is 0. The van der Waals surface area contributed by atoms with Crippen LogP contribution in [-0.2, 0) is 0 Å². The highest BCUT2D eigenvalue weighted by Crippen LogP contribution is 2.30. The molecule has 4 nitrogen and oxygen atoms in total. The molecule has 0 aliphatic heterocycles. The standard InChI is InChI=1S/C16H18N4/c1-2-4-12(5-3-1)19-14-8-9-17-13-7-6-11-10-18-20-16(11)15(13)14/h6-10,12H,1-5H2,(H,17,19)(H,18,20). The smallest absolute Gasteiger partial charge is 0.0765 e. The molecule has 1 aliphatic carbocycles. The first kappa shape index (κ1) is 11.7. The zero-order valence-corrected chi connectivity index (χ0v) is 11.4. The van der Waals surface area contributed by atoms with Crippen LogP contribution in [0.25, 0.3) is 21.8 Å². The number of anilines is 1. The first-order valence-electron chi connectivity index (χ1n) is 7.39. The number of nitrogens with one attached hydrogen (secondary N) is 2. The number of nitrogens with zero attached hydrogens (tertiary/aromatic N) is 2. The predicted octanol–water partition coefficient (Wildman–Crippen LogP) is 3.86. The largest absolute Gasteiger partial charge is 0.382 e. The zero-order chi connectivity index (χ0) is 13.4. The Morgan fingerprint density at radius 1 is 1.10 bits per heavy atom. The van der Waals surface area contributed by atoms with Crippen molar-refractivity contribution in [1.82, 2.24) is 15.2 Å². The number of hydrogen-bond donors (Lipinski definition) is 2. The van der Waals surface area contributed by atoms with Gasteiger partial charge < -0.3 is 5.32 Å². The summed E-state index contributed by atoms with van der Waals surface area (Å²) in [7, 11) is 0. The van der Waals surface area contributed by atoms with Crippen LogP contribution in [0.4, 0.5) is 5.69 Å². The summed E-state index contributed by atoms with van der Waals surface area (Å²) in [6, 6.07) is 6.81. The van der Waals surface area contributed by atoms with E-state index in [0.29, 0.717) is 6.04 Å². The number of fused-ring (bicyclic) bond motifs is 3. The molecule has 102 valence electrons. The Morgan fingerprint density at radius 2 is 2.00 bits per heavy atom. The van der Waals surface area contributed by atoms with Gasteiger partial charge in [0.1, 0.15) is 0 Å². The van der Waals surface area contributed by atoms with Gasteiger partial charge in [-0.1, -0.05) is 19.3 Å². The molecular weight excluding hydrogens is 248 g/mol. The van der Waals surface area contributed by atoms with E-state index in [9.17, 15) is 0 Å². The van der Waals surface area contributed by atoms with E-state index in [0.717, 1.165) is 21.8 Å². The van der Waals surface area contributed by atoms with Gasteiger partial charge in [-0.3, -0.25) is 10.1 Å². The summed E-state index contributed by atoms with van der Waals surface area (Å²) < 4.78 is 0. The monoisotopic (exact) mass is 266 g/mol. The number of H-pyrrole nitrogens is 1. The lowest BCUT2D eigenvalue weighted by atomic mass is 9.95. The number of pyridine rings is 1. The molecule has 0 unspecified atom stereocenters. The van der Waals surface area contributed by atoms with Crippen LogP contribution >= 0.6 is 0 Å². The molecule has 2 N–H and O–H groups in total. The number of aromatic amines is 1. The molecule has 1 aliphatic rings. The Morgan fingerprint density at radius 3 is 2.90 bits per heavy atom. The first-order chi connectivity index (χ1) is 9.92. The lowest BCUT2D eigenvalue weighted by molar-refractivity contribution is 0.463. The van der Waals surface area contributed by atoms with Crippen LogP contribution in [0.15, 0.2) is 30.6 Å². The molecule has 2 heterocycles. The second-order valence-corrected chi connectivity index (χ2v) is 5.63. The minimum Gasteiger partial charge on any atom is -0.382 e. The fourth-order valence-electron chi connectivity index (χ4n) is 3.24. The van der Waals surface area contributed by atoms with Crippen LogP contribution < -0.4 is 5.32 Å². The SMILES string of the molecule is c1cc(NC2CCCCC2)c2c(ccc3cn[nH]c32)n1. The molecular formula is C16H18N4. The average molecular weight is 266 g/mol. The van der Waals surface area contributed by atoms with Crippen molar-refractivity contribution < 1.29 is 0 Å². The van der Waals surface area contributed by atoms with Gasteiger partial charge in [0.25, 0.3) is 0 Å². The molecule has 0 atom stereocenters. The van der Waals surface area contributed by atoms with Crippen molar-refractivity contribution in [2.45, 2.75) is 38.1 Å². The predicted molar refractivity (Wildman–Crippen MR) is 81.9 cm³/mol. The molecule has 0 saturated heterocycles. The summed E-state index contributed by atoms with van der Waals surface area (Å²) >= 11 is 0. The maximum absolute atomic E-state index is 4.48. The topological polar surface area (TPSA) is 53.6 Å². The van der Waals surface area contributed by atoms with Crippen LogP contribution in [-0.4, -0.2) is 21.2 Å². The van der Waals surface area contributed by atoms with E-state index >= 15 is 0 Å². The van der Waals surface area contributed by atoms with Crippen molar-refractivity contribution in [1.29, 1.82) is 0 Å². The van der Waals surface area contributed by atoms with Crippen molar-refractivity contribution in [2.75, 3.05) is 5.32 Å². The summed E-state index contributed by atoms with van der Waals surface area (Å²) in [5, 5.41) is 13.3. The molecule has 20 heavy (non-hydrogen) atoms. The molecule has 0 spiro atoms. The van der Waals surface area contributed by atoms with Gasteiger partial charge >= 0.3 is 0 Å². The summed E-state index contributed by atoms with van der Waals surface area (Å²) in [4.78, 5) is 4.48. The molecule has 1 aromatic carbocycles. The van der Waals surface area contributed by atoms with Crippen molar-refractivity contribution >= 4 is 27.5 Å². The van der Waals surface area contributed by atoms with Crippen LogP contribution in [0, 0.1) is 0 Å². The molecule has 4 rings (SSSR count). The first-order valence-corrected chi connectivity index (χ1v) is 7.39. The number of benzene rings is 1. The Hall–Kier alpha value is -2.10. The Balaban J connectivity index is 1.83. The third kappa shape index (κ3) is 1.92. The maximum atomic E-state index is 4.48. The van der Waals surface area contributed by atoms with Gasteiger partial charge in [0.15, 0.2) is 0 Å². The van der Waals surface area contributed by atoms with E-state index < -0.39 is 0 Å². The Bertz CT molecular complexity index is 740. The quantitative estimate of drug-likeness (QED) is 0.740. The lowest BCUT2D eigenvalue weighted by Crippen LogP contribution is -2.22. The number of aromatic nitrogens is 3. The van der Waals surface area contributed by atoms with E-state index in [1.54, 1.807) is 0 Å². The van der Waals surface area contributed by atoms with E-state index in [4.69, 9.17) is 0 Å². The van der Waals surface area contributed by atoms with Gasteiger partial charge in [-0.25, -0.2) is 0 Å². The van der Waals surface area contributed by atoms with Crippen LogP contribution in [0.3, 0.4) is 0 Å². The Kier molecular flexibility index (Phi) is 2.80. The number of rotatable bonds is 2. The maximum Gasteiger partial charge on any atom is 0.0765 e. The van der Waals surface area contributed by atoms with Crippen LogP contribution in [0.1, 0.15) is 32.1 Å². The van der Waals surface area contributed by atoms with Gasteiger partial charge in [-0.05, 0) is 31.0 Å². The average Bonchev–Trinajstić information content (AvgIpc) is 2.97. The van der Waals surface area contributed by atoms with Crippen molar-refractivity contribution in [3.8, 4) is 0 Å². The highest BCUT2D eigenvalue weighted by atomic mass is 15.1. The van der Waals surface area contributed by atoms with Gasteiger partial charge in [0, 0.05) is 28.7 Å². The molecule has 1 fully saturated rings. The van der Waals surface area contributed by atoms with Gasteiger partial charge in [0.05, 0.1) is 17.2 Å². The highest BCUT2D eigenvalue weighted by molar-refractivity contribution is 6.09. The highest BCUT2D eigenvalue weighted by Gasteiger charge is 2.15. The molecule has 4 heteroatoms. The van der Waals surface area contributed by atoms with Crippen molar-refractivity contribution in [3.05, 3.63) is 30.6 Å². The summed E-state index contributed by atoms with van der Waals surface area (Å²) in [6.07, 6.45) is 10.3. The molecule has 3 aromatic rings. The fraction of sp³-hybridized carbons (Fsp3) is 0.375. The summed E-state index contributed by atoms with van der Waals surface area (Å²) in [5.74, 6) is 0. The van der Waals surface area contributed by atoms with E-state index in [2.05, 4.69) is 38.7 Å². The normalized spacial score (nSPS) is 16.8. The minimum atomic E-state index is 0.590. The van der Waals surface area contributed by atoms with E-state index in [1.807, 2.05) is 12.4 Å². The van der Waals surface area contributed by atoms with Gasteiger partial charge in [-0.15, -0.1) is 0 Å². The third-order valence-electron chi connectivity index (χ3n) is 4.28. The van der Waals surface area contributed by atoms with E-state index in [1.165, 1.54) is 37.8 Å². The van der Waals surface area contributed by atoms with E-state index in [-0.39, 0.29) is 0 Å².